The zero-order valence-corrected chi connectivity index (χ0v) is 11.7. The molecule has 2 heterocycles. The fourth-order valence-electron chi connectivity index (χ4n) is 1.83. The number of hydrogen-bond acceptors (Lipinski definition) is 3. The summed E-state index contributed by atoms with van der Waals surface area (Å²) in [6.45, 7) is 4.28. The van der Waals surface area contributed by atoms with Crippen molar-refractivity contribution < 1.29 is 0 Å². The van der Waals surface area contributed by atoms with Crippen molar-refractivity contribution in [2.45, 2.75) is 13.3 Å². The van der Waals surface area contributed by atoms with Gasteiger partial charge in [-0.25, -0.2) is 4.98 Å². The standard InChI is InChI=1S/C12H15BrN2S/c1-2-7-15(8-5-13)12-10-4-9-16-11(10)3-6-14-12/h3-4,6,9H,2,5,7-8H2,1H3. The number of thiophene rings is 1. The summed E-state index contributed by atoms with van der Waals surface area (Å²) in [6.07, 6.45) is 3.06. The number of alkyl halides is 1. The molecule has 2 rings (SSSR count). The van der Waals surface area contributed by atoms with E-state index in [1.165, 1.54) is 10.1 Å². The summed E-state index contributed by atoms with van der Waals surface area (Å²) in [4.78, 5) is 6.88. The minimum atomic E-state index is 0.981. The van der Waals surface area contributed by atoms with Crippen molar-refractivity contribution in [3.05, 3.63) is 23.7 Å². The van der Waals surface area contributed by atoms with Gasteiger partial charge in [-0.1, -0.05) is 22.9 Å². The highest BCUT2D eigenvalue weighted by Crippen LogP contribution is 2.28. The molecule has 0 radical (unpaired) electrons. The van der Waals surface area contributed by atoms with Crippen molar-refractivity contribution in [2.24, 2.45) is 0 Å². The van der Waals surface area contributed by atoms with E-state index >= 15 is 0 Å². The summed E-state index contributed by atoms with van der Waals surface area (Å²) < 4.78 is 1.32. The maximum absolute atomic E-state index is 4.53. The van der Waals surface area contributed by atoms with E-state index in [2.05, 4.69) is 50.3 Å². The first-order valence-corrected chi connectivity index (χ1v) is 7.50. The Kier molecular flexibility index (Phi) is 4.18. The Morgan fingerprint density at radius 3 is 3.00 bits per heavy atom. The second kappa shape index (κ2) is 5.64. The van der Waals surface area contributed by atoms with Crippen LogP contribution >= 0.6 is 27.3 Å². The first-order valence-electron chi connectivity index (χ1n) is 5.50. The molecule has 0 atom stereocenters. The zero-order valence-electron chi connectivity index (χ0n) is 9.32. The zero-order chi connectivity index (χ0) is 11.4. The molecule has 0 saturated carbocycles. The van der Waals surface area contributed by atoms with Gasteiger partial charge < -0.3 is 4.90 Å². The summed E-state index contributed by atoms with van der Waals surface area (Å²) in [5.74, 6) is 1.13. The molecule has 0 aliphatic carbocycles. The van der Waals surface area contributed by atoms with Gasteiger partial charge in [0.2, 0.25) is 0 Å². The lowest BCUT2D eigenvalue weighted by Gasteiger charge is -2.22. The average molecular weight is 299 g/mol. The van der Waals surface area contributed by atoms with Crippen molar-refractivity contribution in [2.75, 3.05) is 23.3 Å². The number of pyridine rings is 1. The Labute approximate surface area is 108 Å². The number of hydrogen-bond donors (Lipinski definition) is 0. The SMILES string of the molecule is CCCN(CCBr)c1nccc2sccc12. The largest absolute Gasteiger partial charge is 0.355 e. The molecule has 4 heteroatoms. The summed E-state index contributed by atoms with van der Waals surface area (Å²) in [5.41, 5.74) is 0. The van der Waals surface area contributed by atoms with Gasteiger partial charge in [-0.05, 0) is 23.9 Å². The third kappa shape index (κ3) is 2.38. The van der Waals surface area contributed by atoms with Gasteiger partial charge in [-0.15, -0.1) is 11.3 Å². The topological polar surface area (TPSA) is 16.1 Å². The van der Waals surface area contributed by atoms with E-state index in [1.807, 2.05) is 6.20 Å². The van der Waals surface area contributed by atoms with Crippen LogP contribution in [-0.2, 0) is 0 Å². The minimum Gasteiger partial charge on any atom is -0.355 e. The first-order chi connectivity index (χ1) is 7.86. The van der Waals surface area contributed by atoms with Crippen LogP contribution in [0.25, 0.3) is 10.1 Å². The molecule has 0 N–H and O–H groups in total. The third-order valence-corrected chi connectivity index (χ3v) is 3.74. The highest BCUT2D eigenvalue weighted by Gasteiger charge is 2.10. The Morgan fingerprint density at radius 2 is 2.25 bits per heavy atom. The first kappa shape index (κ1) is 11.9. The van der Waals surface area contributed by atoms with Gasteiger partial charge in [-0.2, -0.15) is 0 Å². The van der Waals surface area contributed by atoms with Crippen LogP contribution in [0.4, 0.5) is 5.82 Å². The van der Waals surface area contributed by atoms with Gasteiger partial charge in [0.05, 0.1) is 0 Å². The van der Waals surface area contributed by atoms with Crippen molar-refractivity contribution >= 4 is 43.2 Å². The Balaban J connectivity index is 2.38. The number of aromatic nitrogens is 1. The summed E-state index contributed by atoms with van der Waals surface area (Å²) >= 11 is 5.28. The number of halogens is 1. The molecule has 0 spiro atoms. The molecular weight excluding hydrogens is 284 g/mol. The molecule has 0 fully saturated rings. The molecule has 16 heavy (non-hydrogen) atoms. The monoisotopic (exact) mass is 298 g/mol. The van der Waals surface area contributed by atoms with Crippen LogP contribution < -0.4 is 4.90 Å². The van der Waals surface area contributed by atoms with Crippen LogP contribution in [0.5, 0.6) is 0 Å². The summed E-state index contributed by atoms with van der Waals surface area (Å²) in [7, 11) is 0. The second-order valence-corrected chi connectivity index (χ2v) is 5.38. The van der Waals surface area contributed by atoms with Gasteiger partial charge in [0.25, 0.3) is 0 Å². The van der Waals surface area contributed by atoms with Crippen LogP contribution in [0, 0.1) is 0 Å². The van der Waals surface area contributed by atoms with Gasteiger partial charge in [0.1, 0.15) is 5.82 Å². The van der Waals surface area contributed by atoms with E-state index in [-0.39, 0.29) is 0 Å². The fourth-order valence-corrected chi connectivity index (χ4v) is 3.03. The molecule has 86 valence electrons. The van der Waals surface area contributed by atoms with Crippen molar-refractivity contribution in [1.29, 1.82) is 0 Å². The molecule has 0 aliphatic heterocycles. The summed E-state index contributed by atoms with van der Waals surface area (Å²) in [6, 6.07) is 4.25. The number of anilines is 1. The van der Waals surface area contributed by atoms with E-state index < -0.39 is 0 Å². The van der Waals surface area contributed by atoms with Crippen LogP contribution in [0.2, 0.25) is 0 Å². The molecule has 2 aromatic rings. The van der Waals surface area contributed by atoms with Crippen LogP contribution in [0.3, 0.4) is 0 Å². The highest BCUT2D eigenvalue weighted by atomic mass is 79.9. The normalized spacial score (nSPS) is 10.9. The van der Waals surface area contributed by atoms with Crippen LogP contribution in [-0.4, -0.2) is 23.4 Å². The van der Waals surface area contributed by atoms with E-state index in [9.17, 15) is 0 Å². The lowest BCUT2D eigenvalue weighted by atomic mass is 10.3. The molecule has 2 aromatic heterocycles. The van der Waals surface area contributed by atoms with E-state index in [4.69, 9.17) is 0 Å². The predicted molar refractivity (Wildman–Crippen MR) is 75.9 cm³/mol. The fraction of sp³-hybridized carbons (Fsp3) is 0.417. The minimum absolute atomic E-state index is 0.981. The Morgan fingerprint density at radius 1 is 1.38 bits per heavy atom. The quantitative estimate of drug-likeness (QED) is 0.778. The second-order valence-electron chi connectivity index (χ2n) is 3.64. The van der Waals surface area contributed by atoms with Crippen molar-refractivity contribution in [3.63, 3.8) is 0 Å². The Hall–Kier alpha value is -0.610. The molecule has 0 bridgehead atoms. The van der Waals surface area contributed by atoms with E-state index in [1.54, 1.807) is 11.3 Å². The molecular formula is C12H15BrN2S. The average Bonchev–Trinajstić information content (AvgIpc) is 2.76. The number of rotatable bonds is 5. The van der Waals surface area contributed by atoms with Crippen LogP contribution in [0.15, 0.2) is 23.7 Å². The van der Waals surface area contributed by atoms with Crippen molar-refractivity contribution in [3.8, 4) is 0 Å². The molecule has 0 unspecified atom stereocenters. The molecule has 2 nitrogen and oxygen atoms in total. The molecule has 0 aliphatic rings. The van der Waals surface area contributed by atoms with Crippen LogP contribution in [0.1, 0.15) is 13.3 Å². The lowest BCUT2D eigenvalue weighted by Crippen LogP contribution is -2.27. The third-order valence-electron chi connectivity index (χ3n) is 2.51. The lowest BCUT2D eigenvalue weighted by molar-refractivity contribution is 0.788. The molecule has 0 aromatic carbocycles. The highest BCUT2D eigenvalue weighted by molar-refractivity contribution is 9.09. The van der Waals surface area contributed by atoms with E-state index in [0.717, 1.165) is 30.7 Å². The van der Waals surface area contributed by atoms with Crippen molar-refractivity contribution in [1.82, 2.24) is 4.98 Å². The van der Waals surface area contributed by atoms with E-state index in [0.29, 0.717) is 0 Å². The smallest absolute Gasteiger partial charge is 0.137 e. The maximum atomic E-state index is 4.53. The Bertz CT molecular complexity index is 449. The van der Waals surface area contributed by atoms with Gasteiger partial charge >= 0.3 is 0 Å². The number of nitrogens with zero attached hydrogens (tertiary/aromatic N) is 2. The van der Waals surface area contributed by atoms with Gasteiger partial charge in [0, 0.05) is 34.7 Å². The number of fused-ring (bicyclic) bond motifs is 1. The summed E-state index contributed by atoms with van der Waals surface area (Å²) in [5, 5.41) is 4.39. The molecule has 0 saturated heterocycles. The van der Waals surface area contributed by atoms with Gasteiger partial charge in [0.15, 0.2) is 0 Å². The van der Waals surface area contributed by atoms with Gasteiger partial charge in [-0.3, -0.25) is 0 Å². The predicted octanol–water partition coefficient (Wildman–Crippen LogP) is 3.91. The molecule has 0 amide bonds. The maximum Gasteiger partial charge on any atom is 0.137 e.